The lowest BCUT2D eigenvalue weighted by atomic mass is 10.1. The van der Waals surface area contributed by atoms with Crippen LogP contribution in [-0.2, 0) is 16.1 Å². The van der Waals surface area contributed by atoms with E-state index < -0.39 is 5.97 Å². The van der Waals surface area contributed by atoms with Gasteiger partial charge in [-0.3, -0.25) is 4.79 Å². The molecule has 0 aliphatic rings. The molecule has 1 heterocycles. The van der Waals surface area contributed by atoms with E-state index in [0.717, 1.165) is 10.9 Å². The predicted octanol–water partition coefficient (Wildman–Crippen LogP) is 4.22. The molecule has 0 unspecified atom stereocenters. The van der Waals surface area contributed by atoms with Crippen molar-refractivity contribution in [1.29, 1.82) is 0 Å². The summed E-state index contributed by atoms with van der Waals surface area (Å²) < 4.78 is 15.9. The van der Waals surface area contributed by atoms with E-state index in [0.29, 0.717) is 22.6 Å². The first-order valence-electron chi connectivity index (χ1n) is 8.49. The Kier molecular flexibility index (Phi) is 6.11. The molecule has 28 heavy (non-hydrogen) atoms. The Labute approximate surface area is 167 Å². The summed E-state index contributed by atoms with van der Waals surface area (Å²) in [6.07, 6.45) is 0. The highest BCUT2D eigenvalue weighted by Crippen LogP contribution is 2.28. The van der Waals surface area contributed by atoms with Crippen LogP contribution in [0.1, 0.15) is 22.8 Å². The lowest BCUT2D eigenvalue weighted by Crippen LogP contribution is -2.15. The molecular weight excluding hydrogens is 382 g/mol. The molecule has 0 fully saturated rings. The summed E-state index contributed by atoms with van der Waals surface area (Å²) in [4.78, 5) is 27.8. The third-order valence-electron chi connectivity index (χ3n) is 4.05. The van der Waals surface area contributed by atoms with Gasteiger partial charge < -0.3 is 14.2 Å². The van der Waals surface area contributed by atoms with Gasteiger partial charge in [-0.2, -0.15) is 0 Å². The topological polar surface area (TPSA) is 74.7 Å². The molecule has 0 aliphatic heterocycles. The van der Waals surface area contributed by atoms with E-state index in [1.54, 1.807) is 18.2 Å². The van der Waals surface area contributed by atoms with Gasteiger partial charge in [0.05, 0.1) is 12.6 Å². The van der Waals surface area contributed by atoms with E-state index in [2.05, 4.69) is 4.98 Å². The van der Waals surface area contributed by atoms with Gasteiger partial charge in [0.1, 0.15) is 11.8 Å². The van der Waals surface area contributed by atoms with Crippen LogP contribution in [0.5, 0.6) is 11.5 Å². The number of ketones is 1. The number of hydrogen-bond acceptors (Lipinski definition) is 6. The molecular formula is C21H18ClNO5. The Morgan fingerprint density at radius 1 is 1.07 bits per heavy atom. The number of rotatable bonds is 7. The average Bonchev–Trinajstić information content (AvgIpc) is 2.70. The van der Waals surface area contributed by atoms with Crippen LogP contribution in [0.2, 0.25) is 5.15 Å². The van der Waals surface area contributed by atoms with Crippen LogP contribution >= 0.6 is 11.6 Å². The van der Waals surface area contributed by atoms with Gasteiger partial charge in [-0.25, -0.2) is 9.78 Å². The first kappa shape index (κ1) is 19.6. The van der Waals surface area contributed by atoms with Crippen molar-refractivity contribution in [2.45, 2.75) is 13.5 Å². The highest BCUT2D eigenvalue weighted by Gasteiger charge is 2.12. The summed E-state index contributed by atoms with van der Waals surface area (Å²) in [5, 5.41) is 1.19. The number of esters is 1. The quantitative estimate of drug-likeness (QED) is 0.336. The normalized spacial score (nSPS) is 10.5. The standard InChI is InChI=1S/C21H18ClNO5/c1-13(24)14-7-8-18(19(10-14)26-2)27-12-20(25)28-11-16-9-15-5-3-4-6-17(15)23-21(16)22/h3-10H,11-12H2,1-2H3. The summed E-state index contributed by atoms with van der Waals surface area (Å²) in [7, 11) is 1.46. The van der Waals surface area contributed by atoms with Crippen molar-refractivity contribution in [1.82, 2.24) is 4.98 Å². The molecule has 0 saturated carbocycles. The zero-order chi connectivity index (χ0) is 20.1. The number of methoxy groups -OCH3 is 1. The fourth-order valence-electron chi connectivity index (χ4n) is 2.58. The summed E-state index contributed by atoms with van der Waals surface area (Å²) in [5.41, 5.74) is 1.87. The van der Waals surface area contributed by atoms with Crippen LogP contribution in [0.4, 0.5) is 0 Å². The molecule has 0 spiro atoms. The van der Waals surface area contributed by atoms with Crippen LogP contribution in [0.25, 0.3) is 10.9 Å². The van der Waals surface area contributed by atoms with E-state index in [9.17, 15) is 9.59 Å². The van der Waals surface area contributed by atoms with Crippen molar-refractivity contribution in [2.75, 3.05) is 13.7 Å². The minimum atomic E-state index is -0.568. The second-order valence-corrected chi connectivity index (χ2v) is 6.36. The highest BCUT2D eigenvalue weighted by atomic mass is 35.5. The molecule has 2 aromatic carbocycles. The van der Waals surface area contributed by atoms with Gasteiger partial charge in [0.25, 0.3) is 0 Å². The third-order valence-corrected chi connectivity index (χ3v) is 4.38. The second kappa shape index (κ2) is 8.71. The van der Waals surface area contributed by atoms with Crippen LogP contribution in [-0.4, -0.2) is 30.5 Å². The summed E-state index contributed by atoms with van der Waals surface area (Å²) >= 11 is 6.16. The third kappa shape index (κ3) is 4.58. The van der Waals surface area contributed by atoms with Gasteiger partial charge in [-0.05, 0) is 37.3 Å². The number of fused-ring (bicyclic) bond motifs is 1. The molecule has 0 radical (unpaired) electrons. The largest absolute Gasteiger partial charge is 0.493 e. The number of carbonyl (C=O) groups is 2. The van der Waals surface area contributed by atoms with Crippen LogP contribution in [0.15, 0.2) is 48.5 Å². The van der Waals surface area contributed by atoms with Crippen molar-refractivity contribution in [2.24, 2.45) is 0 Å². The highest BCUT2D eigenvalue weighted by molar-refractivity contribution is 6.30. The summed E-state index contributed by atoms with van der Waals surface area (Å²) in [6.45, 7) is 1.13. The molecule has 3 rings (SSSR count). The minimum absolute atomic E-state index is 0.0146. The maximum atomic E-state index is 12.0. The number of para-hydroxylation sites is 1. The second-order valence-electron chi connectivity index (χ2n) is 6.00. The van der Waals surface area contributed by atoms with E-state index >= 15 is 0 Å². The van der Waals surface area contributed by atoms with Crippen molar-refractivity contribution in [3.8, 4) is 11.5 Å². The van der Waals surface area contributed by atoms with Gasteiger partial charge in [-0.15, -0.1) is 0 Å². The monoisotopic (exact) mass is 399 g/mol. The number of aromatic nitrogens is 1. The summed E-state index contributed by atoms with van der Waals surface area (Å²) in [6, 6.07) is 14.1. The van der Waals surface area contributed by atoms with Gasteiger partial charge in [-0.1, -0.05) is 29.8 Å². The van der Waals surface area contributed by atoms with Gasteiger partial charge in [0, 0.05) is 16.5 Å². The lowest BCUT2D eigenvalue weighted by Gasteiger charge is -2.12. The fraction of sp³-hybridized carbons (Fsp3) is 0.190. The molecule has 0 bridgehead atoms. The maximum absolute atomic E-state index is 12.0. The lowest BCUT2D eigenvalue weighted by molar-refractivity contribution is -0.147. The molecule has 0 saturated heterocycles. The van der Waals surface area contributed by atoms with Crippen LogP contribution in [0.3, 0.4) is 0 Å². The van der Waals surface area contributed by atoms with Crippen LogP contribution in [0, 0.1) is 0 Å². The molecule has 0 N–H and O–H groups in total. The van der Waals surface area contributed by atoms with E-state index in [4.69, 9.17) is 25.8 Å². The number of nitrogens with zero attached hydrogens (tertiary/aromatic N) is 1. The Morgan fingerprint density at radius 3 is 2.61 bits per heavy atom. The molecule has 0 atom stereocenters. The smallest absolute Gasteiger partial charge is 0.344 e. The number of halogens is 1. The number of pyridine rings is 1. The first-order chi connectivity index (χ1) is 13.5. The zero-order valence-electron chi connectivity index (χ0n) is 15.4. The minimum Gasteiger partial charge on any atom is -0.493 e. The van der Waals surface area contributed by atoms with E-state index in [1.165, 1.54) is 14.0 Å². The average molecular weight is 400 g/mol. The van der Waals surface area contributed by atoms with Gasteiger partial charge in [0.2, 0.25) is 0 Å². The Balaban J connectivity index is 1.61. The number of carbonyl (C=O) groups excluding carboxylic acids is 2. The zero-order valence-corrected chi connectivity index (χ0v) is 16.2. The maximum Gasteiger partial charge on any atom is 0.344 e. The Morgan fingerprint density at radius 2 is 1.86 bits per heavy atom. The SMILES string of the molecule is COc1cc(C(C)=O)ccc1OCC(=O)OCc1cc2ccccc2nc1Cl. The molecule has 0 aliphatic carbocycles. The van der Waals surface area contributed by atoms with Gasteiger partial charge >= 0.3 is 5.97 Å². The molecule has 144 valence electrons. The molecule has 1 aromatic heterocycles. The molecule has 6 nitrogen and oxygen atoms in total. The Hall–Kier alpha value is -3.12. The van der Waals surface area contributed by atoms with Gasteiger partial charge in [0.15, 0.2) is 23.9 Å². The van der Waals surface area contributed by atoms with Crippen LogP contribution < -0.4 is 9.47 Å². The number of ether oxygens (including phenoxy) is 3. The van der Waals surface area contributed by atoms with Crippen molar-refractivity contribution in [3.63, 3.8) is 0 Å². The van der Waals surface area contributed by atoms with E-state index in [-0.39, 0.29) is 24.2 Å². The first-order valence-corrected chi connectivity index (χ1v) is 8.87. The molecule has 7 heteroatoms. The molecule has 0 amide bonds. The number of Topliss-reactive ketones (excluding diaryl/α,β-unsaturated/α-hetero) is 1. The van der Waals surface area contributed by atoms with Crippen molar-refractivity contribution in [3.05, 3.63) is 64.8 Å². The summed E-state index contributed by atoms with van der Waals surface area (Å²) in [5.74, 6) is 0.0455. The predicted molar refractivity (Wildman–Crippen MR) is 105 cm³/mol. The van der Waals surface area contributed by atoms with E-state index in [1.807, 2.05) is 30.3 Å². The molecule has 3 aromatic rings. The number of benzene rings is 2. The fourth-order valence-corrected chi connectivity index (χ4v) is 2.78. The van der Waals surface area contributed by atoms with Crippen molar-refractivity contribution < 1.29 is 23.8 Å². The van der Waals surface area contributed by atoms with Crippen molar-refractivity contribution >= 4 is 34.3 Å². The Bertz CT molecular complexity index is 1030. The number of hydrogen-bond donors (Lipinski definition) is 0.